The molecule has 1 aliphatic carbocycles. The Bertz CT molecular complexity index is 444. The molecule has 0 saturated heterocycles. The van der Waals surface area contributed by atoms with E-state index < -0.39 is 5.97 Å². The third-order valence-electron chi connectivity index (χ3n) is 4.18. The summed E-state index contributed by atoms with van der Waals surface area (Å²) in [5.74, 6) is -0.685. The van der Waals surface area contributed by atoms with E-state index in [2.05, 4.69) is 36.1 Å². The van der Waals surface area contributed by atoms with Crippen LogP contribution < -0.4 is 0 Å². The number of carboxylic acid groups (broad SMARTS) is 1. The Kier molecular flexibility index (Phi) is 5.60. The van der Waals surface area contributed by atoms with Crippen LogP contribution in [0, 0.1) is 0 Å². The molecular weight excluding hydrogens is 250 g/mol. The van der Waals surface area contributed by atoms with E-state index in [1.54, 1.807) is 0 Å². The predicted molar refractivity (Wildman–Crippen MR) is 81.0 cm³/mol. The Morgan fingerprint density at radius 2 is 2.05 bits per heavy atom. The monoisotopic (exact) mass is 275 g/mol. The minimum absolute atomic E-state index is 0.281. The highest BCUT2D eigenvalue weighted by atomic mass is 16.4. The van der Waals surface area contributed by atoms with Crippen LogP contribution in [0.3, 0.4) is 0 Å². The molecule has 1 unspecified atom stereocenters. The van der Waals surface area contributed by atoms with Gasteiger partial charge in [-0.05, 0) is 56.3 Å². The van der Waals surface area contributed by atoms with Crippen molar-refractivity contribution in [3.05, 3.63) is 35.4 Å². The molecule has 1 aromatic carbocycles. The van der Waals surface area contributed by atoms with Crippen LogP contribution in [0.1, 0.15) is 43.7 Å². The Morgan fingerprint density at radius 3 is 2.75 bits per heavy atom. The number of hydrogen-bond acceptors (Lipinski definition) is 2. The van der Waals surface area contributed by atoms with Crippen LogP contribution in [0.15, 0.2) is 24.3 Å². The highest BCUT2D eigenvalue weighted by molar-refractivity contribution is 5.66. The van der Waals surface area contributed by atoms with E-state index in [9.17, 15) is 4.79 Å². The minimum atomic E-state index is -0.685. The topological polar surface area (TPSA) is 40.5 Å². The molecule has 20 heavy (non-hydrogen) atoms. The summed E-state index contributed by atoms with van der Waals surface area (Å²) in [5, 5.41) is 8.78. The number of benzene rings is 1. The smallest absolute Gasteiger partial charge is 0.303 e. The minimum Gasteiger partial charge on any atom is -0.481 e. The van der Waals surface area contributed by atoms with E-state index in [-0.39, 0.29) is 6.42 Å². The standard InChI is InChI=1S/C17H25NO2/c1-2-11-18(12-5-8-17(19)20)16-10-9-14-6-3-4-7-15(14)13-16/h3-4,6-7,16H,2,5,8-13H2,1H3,(H,19,20). The van der Waals surface area contributed by atoms with Crippen LogP contribution in [0.4, 0.5) is 0 Å². The number of carboxylic acids is 1. The van der Waals surface area contributed by atoms with Crippen molar-refractivity contribution in [3.8, 4) is 0 Å². The highest BCUT2D eigenvalue weighted by Crippen LogP contribution is 2.24. The number of fused-ring (bicyclic) bond motifs is 1. The van der Waals surface area contributed by atoms with Crippen LogP contribution in [0.2, 0.25) is 0 Å². The second-order valence-electron chi connectivity index (χ2n) is 5.70. The van der Waals surface area contributed by atoms with Gasteiger partial charge in [0.2, 0.25) is 0 Å². The lowest BCUT2D eigenvalue weighted by atomic mass is 9.87. The summed E-state index contributed by atoms with van der Waals surface area (Å²) in [6, 6.07) is 9.30. The zero-order chi connectivity index (χ0) is 14.4. The van der Waals surface area contributed by atoms with Crippen molar-refractivity contribution in [2.75, 3.05) is 13.1 Å². The lowest BCUT2D eigenvalue weighted by molar-refractivity contribution is -0.137. The second-order valence-corrected chi connectivity index (χ2v) is 5.70. The second kappa shape index (κ2) is 7.44. The zero-order valence-electron chi connectivity index (χ0n) is 12.3. The van der Waals surface area contributed by atoms with Crippen molar-refractivity contribution in [1.29, 1.82) is 0 Å². The van der Waals surface area contributed by atoms with Gasteiger partial charge in [-0.1, -0.05) is 31.2 Å². The van der Waals surface area contributed by atoms with Crippen molar-refractivity contribution in [2.45, 2.75) is 51.5 Å². The average molecular weight is 275 g/mol. The Morgan fingerprint density at radius 1 is 1.30 bits per heavy atom. The fourth-order valence-corrected chi connectivity index (χ4v) is 3.19. The Labute approximate surface area is 121 Å². The summed E-state index contributed by atoms with van der Waals surface area (Å²) in [6.45, 7) is 4.18. The number of carbonyl (C=O) groups is 1. The molecule has 3 heteroatoms. The quantitative estimate of drug-likeness (QED) is 0.831. The van der Waals surface area contributed by atoms with Gasteiger partial charge < -0.3 is 10.0 Å². The summed E-state index contributed by atoms with van der Waals surface area (Å²) in [6.07, 6.45) is 5.63. The van der Waals surface area contributed by atoms with Crippen molar-refractivity contribution in [3.63, 3.8) is 0 Å². The summed E-state index contributed by atoms with van der Waals surface area (Å²) in [4.78, 5) is 13.2. The molecule has 1 aromatic rings. The summed E-state index contributed by atoms with van der Waals surface area (Å²) < 4.78 is 0. The number of nitrogens with zero attached hydrogens (tertiary/aromatic N) is 1. The molecule has 0 spiro atoms. The molecule has 0 amide bonds. The molecule has 110 valence electrons. The van der Waals surface area contributed by atoms with Crippen molar-refractivity contribution in [2.24, 2.45) is 0 Å². The van der Waals surface area contributed by atoms with Gasteiger partial charge in [-0.15, -0.1) is 0 Å². The normalized spacial score (nSPS) is 18.0. The molecule has 2 rings (SSSR count). The molecule has 0 radical (unpaired) electrons. The molecule has 0 aliphatic heterocycles. The first-order valence-electron chi connectivity index (χ1n) is 7.73. The van der Waals surface area contributed by atoms with Gasteiger partial charge in [-0.25, -0.2) is 0 Å². The van der Waals surface area contributed by atoms with Crippen LogP contribution in [0.25, 0.3) is 0 Å². The molecule has 0 aromatic heterocycles. The first kappa shape index (κ1) is 15.0. The molecule has 1 aliphatic rings. The average Bonchev–Trinajstić information content (AvgIpc) is 2.45. The third kappa shape index (κ3) is 4.07. The molecular formula is C17H25NO2. The van der Waals surface area contributed by atoms with Crippen molar-refractivity contribution >= 4 is 5.97 Å². The van der Waals surface area contributed by atoms with Crippen LogP contribution >= 0.6 is 0 Å². The largest absolute Gasteiger partial charge is 0.481 e. The lowest BCUT2D eigenvalue weighted by Crippen LogP contribution is -2.40. The molecule has 0 heterocycles. The SMILES string of the molecule is CCCN(CCCC(=O)O)C1CCc2ccccc2C1. The van der Waals surface area contributed by atoms with Gasteiger partial charge in [0, 0.05) is 12.5 Å². The van der Waals surface area contributed by atoms with Gasteiger partial charge in [-0.2, -0.15) is 0 Å². The van der Waals surface area contributed by atoms with Crippen molar-refractivity contribution in [1.82, 2.24) is 4.90 Å². The van der Waals surface area contributed by atoms with Crippen molar-refractivity contribution < 1.29 is 9.90 Å². The third-order valence-corrected chi connectivity index (χ3v) is 4.18. The van der Waals surface area contributed by atoms with E-state index in [1.807, 2.05) is 0 Å². The maximum absolute atomic E-state index is 10.7. The fourth-order valence-electron chi connectivity index (χ4n) is 3.19. The van der Waals surface area contributed by atoms with Gasteiger partial charge in [0.25, 0.3) is 0 Å². The molecule has 0 saturated carbocycles. The summed E-state index contributed by atoms with van der Waals surface area (Å²) in [7, 11) is 0. The molecule has 3 nitrogen and oxygen atoms in total. The van der Waals surface area contributed by atoms with E-state index in [0.29, 0.717) is 6.04 Å². The molecule has 0 fully saturated rings. The predicted octanol–water partition coefficient (Wildman–Crippen LogP) is 3.12. The maximum Gasteiger partial charge on any atom is 0.303 e. The lowest BCUT2D eigenvalue weighted by Gasteiger charge is -2.35. The molecule has 1 atom stereocenters. The highest BCUT2D eigenvalue weighted by Gasteiger charge is 2.23. The van der Waals surface area contributed by atoms with Gasteiger partial charge in [0.15, 0.2) is 0 Å². The number of aliphatic carboxylic acids is 1. The Hall–Kier alpha value is -1.35. The van der Waals surface area contributed by atoms with E-state index in [1.165, 1.54) is 17.5 Å². The van der Waals surface area contributed by atoms with Crippen LogP contribution in [-0.2, 0) is 17.6 Å². The van der Waals surface area contributed by atoms with E-state index in [4.69, 9.17) is 5.11 Å². The van der Waals surface area contributed by atoms with E-state index >= 15 is 0 Å². The fraction of sp³-hybridized carbons (Fsp3) is 0.588. The zero-order valence-corrected chi connectivity index (χ0v) is 12.3. The molecule has 0 bridgehead atoms. The van der Waals surface area contributed by atoms with Gasteiger partial charge in [0.05, 0.1) is 0 Å². The first-order chi connectivity index (χ1) is 9.70. The number of hydrogen-bond donors (Lipinski definition) is 1. The van der Waals surface area contributed by atoms with Gasteiger partial charge in [0.1, 0.15) is 0 Å². The Balaban J connectivity index is 1.94. The van der Waals surface area contributed by atoms with Crippen LogP contribution in [0.5, 0.6) is 0 Å². The molecule has 1 N–H and O–H groups in total. The van der Waals surface area contributed by atoms with Gasteiger partial charge in [-0.3, -0.25) is 4.79 Å². The number of rotatable bonds is 7. The summed E-state index contributed by atoms with van der Waals surface area (Å²) in [5.41, 5.74) is 2.97. The summed E-state index contributed by atoms with van der Waals surface area (Å²) >= 11 is 0. The van der Waals surface area contributed by atoms with E-state index in [0.717, 1.165) is 38.8 Å². The number of aryl methyl sites for hydroxylation is 1. The van der Waals surface area contributed by atoms with Crippen LogP contribution in [-0.4, -0.2) is 35.1 Å². The van der Waals surface area contributed by atoms with Gasteiger partial charge >= 0.3 is 5.97 Å². The maximum atomic E-state index is 10.7. The first-order valence-corrected chi connectivity index (χ1v) is 7.73.